The number of anilines is 1. The van der Waals surface area contributed by atoms with Crippen LogP contribution in [-0.2, 0) is 13.5 Å². The Kier molecular flexibility index (Phi) is 2.51. The molecule has 94 valence electrons. The van der Waals surface area contributed by atoms with Gasteiger partial charge in [-0.3, -0.25) is 4.68 Å². The maximum absolute atomic E-state index is 5.87. The van der Waals surface area contributed by atoms with Crippen LogP contribution >= 0.6 is 0 Å². The third kappa shape index (κ3) is 1.74. The van der Waals surface area contributed by atoms with E-state index in [1.54, 1.807) is 4.68 Å². The Labute approximate surface area is 106 Å². The van der Waals surface area contributed by atoms with Crippen LogP contribution in [0.1, 0.15) is 18.9 Å². The average Bonchev–Trinajstić information content (AvgIpc) is 2.68. The van der Waals surface area contributed by atoms with Gasteiger partial charge in [0.15, 0.2) is 0 Å². The number of rotatable bonds is 1. The summed E-state index contributed by atoms with van der Waals surface area (Å²) in [5.41, 5.74) is 9.14. The number of nitrogens with two attached hydrogens (primary N) is 1. The van der Waals surface area contributed by atoms with Crippen molar-refractivity contribution in [3.8, 4) is 17.0 Å². The lowest BCUT2D eigenvalue weighted by molar-refractivity contribution is 0.193. The highest BCUT2D eigenvalue weighted by molar-refractivity contribution is 5.69. The van der Waals surface area contributed by atoms with Crippen LogP contribution in [0.4, 0.5) is 5.82 Å². The largest absolute Gasteiger partial charge is 0.490 e. The van der Waals surface area contributed by atoms with Crippen LogP contribution in [0.5, 0.6) is 5.75 Å². The van der Waals surface area contributed by atoms with Crippen molar-refractivity contribution < 1.29 is 4.74 Å². The number of ether oxygens (including phenoxy) is 1. The Balaban J connectivity index is 2.10. The summed E-state index contributed by atoms with van der Waals surface area (Å²) in [4.78, 5) is 0. The summed E-state index contributed by atoms with van der Waals surface area (Å²) in [5.74, 6) is 1.66. The van der Waals surface area contributed by atoms with E-state index in [4.69, 9.17) is 10.5 Å². The van der Waals surface area contributed by atoms with Gasteiger partial charge in [-0.2, -0.15) is 5.10 Å². The van der Waals surface area contributed by atoms with E-state index in [2.05, 4.69) is 18.1 Å². The Morgan fingerprint density at radius 1 is 1.44 bits per heavy atom. The Morgan fingerprint density at radius 3 is 3.00 bits per heavy atom. The van der Waals surface area contributed by atoms with Gasteiger partial charge in [0.25, 0.3) is 0 Å². The summed E-state index contributed by atoms with van der Waals surface area (Å²) in [5, 5.41) is 4.44. The molecule has 0 spiro atoms. The maximum Gasteiger partial charge on any atom is 0.123 e. The Morgan fingerprint density at radius 2 is 2.28 bits per heavy atom. The molecule has 2 heterocycles. The van der Waals surface area contributed by atoms with Gasteiger partial charge < -0.3 is 10.5 Å². The predicted octanol–water partition coefficient (Wildman–Crippen LogP) is 2.38. The monoisotopic (exact) mass is 243 g/mol. The molecule has 2 N–H and O–H groups in total. The van der Waals surface area contributed by atoms with Gasteiger partial charge in [0.2, 0.25) is 0 Å². The first-order chi connectivity index (χ1) is 8.65. The molecule has 1 unspecified atom stereocenters. The number of nitrogen functional groups attached to an aromatic ring is 1. The summed E-state index contributed by atoms with van der Waals surface area (Å²) in [6.07, 6.45) is 2.37. The van der Waals surface area contributed by atoms with E-state index in [0.717, 1.165) is 29.8 Å². The smallest absolute Gasteiger partial charge is 0.123 e. The summed E-state index contributed by atoms with van der Waals surface area (Å²) < 4.78 is 7.56. The van der Waals surface area contributed by atoms with Crippen molar-refractivity contribution in [1.82, 2.24) is 9.78 Å². The first kappa shape index (κ1) is 11.1. The molecule has 0 radical (unpaired) electrons. The van der Waals surface area contributed by atoms with Crippen molar-refractivity contribution in [3.63, 3.8) is 0 Å². The van der Waals surface area contributed by atoms with Gasteiger partial charge in [0.05, 0.1) is 11.8 Å². The van der Waals surface area contributed by atoms with Crippen LogP contribution in [0.3, 0.4) is 0 Å². The van der Waals surface area contributed by atoms with Crippen molar-refractivity contribution in [2.75, 3.05) is 5.73 Å². The lowest BCUT2D eigenvalue weighted by Gasteiger charge is -2.24. The van der Waals surface area contributed by atoms with Crippen molar-refractivity contribution in [2.24, 2.45) is 7.05 Å². The van der Waals surface area contributed by atoms with Crippen LogP contribution < -0.4 is 10.5 Å². The zero-order chi connectivity index (χ0) is 12.7. The zero-order valence-electron chi connectivity index (χ0n) is 10.7. The quantitative estimate of drug-likeness (QED) is 0.836. The summed E-state index contributed by atoms with van der Waals surface area (Å²) in [6, 6.07) is 8.03. The van der Waals surface area contributed by atoms with Gasteiger partial charge in [-0.25, -0.2) is 0 Å². The van der Waals surface area contributed by atoms with Crippen LogP contribution in [0.2, 0.25) is 0 Å². The predicted molar refractivity (Wildman–Crippen MR) is 71.5 cm³/mol. The van der Waals surface area contributed by atoms with Crippen LogP contribution in [-0.4, -0.2) is 15.9 Å². The normalized spacial score (nSPS) is 18.2. The van der Waals surface area contributed by atoms with Crippen LogP contribution in [0.25, 0.3) is 11.3 Å². The second-order valence-electron chi connectivity index (χ2n) is 4.83. The van der Waals surface area contributed by atoms with E-state index in [1.807, 2.05) is 25.2 Å². The highest BCUT2D eigenvalue weighted by Crippen LogP contribution is 2.35. The molecule has 0 saturated carbocycles. The molecule has 0 saturated heterocycles. The first-order valence-corrected chi connectivity index (χ1v) is 6.23. The van der Waals surface area contributed by atoms with Gasteiger partial charge in [-0.05, 0) is 25.8 Å². The molecule has 1 aliphatic rings. The fourth-order valence-corrected chi connectivity index (χ4v) is 2.41. The second-order valence-corrected chi connectivity index (χ2v) is 4.83. The highest BCUT2D eigenvalue weighted by atomic mass is 16.5. The topological polar surface area (TPSA) is 53.1 Å². The molecule has 1 aliphatic heterocycles. The summed E-state index contributed by atoms with van der Waals surface area (Å²) in [7, 11) is 1.85. The number of aromatic nitrogens is 2. The average molecular weight is 243 g/mol. The van der Waals surface area contributed by atoms with E-state index in [9.17, 15) is 0 Å². The van der Waals surface area contributed by atoms with Gasteiger partial charge >= 0.3 is 0 Å². The molecule has 18 heavy (non-hydrogen) atoms. The van der Waals surface area contributed by atoms with Gasteiger partial charge in [-0.1, -0.05) is 12.1 Å². The maximum atomic E-state index is 5.87. The minimum atomic E-state index is 0.293. The number of hydrogen-bond donors (Lipinski definition) is 1. The fraction of sp³-hybridized carbons (Fsp3) is 0.357. The van der Waals surface area contributed by atoms with E-state index in [0.29, 0.717) is 11.9 Å². The first-order valence-electron chi connectivity index (χ1n) is 6.23. The minimum Gasteiger partial charge on any atom is -0.490 e. The molecular formula is C14H17N3O. The number of fused-ring (bicyclic) bond motifs is 1. The van der Waals surface area contributed by atoms with Crippen molar-refractivity contribution in [1.29, 1.82) is 0 Å². The molecule has 0 fully saturated rings. The standard InChI is InChI=1S/C14H17N3O/c1-9-6-7-11-10(4-3-5-13(11)18-9)12-8-14(15)17(2)16-12/h3-5,8-9H,6-7,15H2,1-2H3. The molecule has 4 heteroatoms. The number of benzene rings is 1. The molecule has 1 aromatic heterocycles. The lowest BCUT2D eigenvalue weighted by Crippen LogP contribution is -2.19. The van der Waals surface area contributed by atoms with Crippen molar-refractivity contribution in [3.05, 3.63) is 29.8 Å². The Bertz CT molecular complexity index is 569. The molecular weight excluding hydrogens is 226 g/mol. The number of aryl methyl sites for hydroxylation is 1. The summed E-state index contributed by atoms with van der Waals surface area (Å²) >= 11 is 0. The third-order valence-corrected chi connectivity index (χ3v) is 3.45. The second kappa shape index (κ2) is 4.05. The molecule has 1 atom stereocenters. The lowest BCUT2D eigenvalue weighted by atomic mass is 9.96. The van der Waals surface area contributed by atoms with Crippen LogP contribution in [0, 0.1) is 0 Å². The molecule has 4 nitrogen and oxygen atoms in total. The SMILES string of the molecule is CC1CCc2c(cccc2-c2cc(N)n(C)n2)O1. The van der Waals surface area contributed by atoms with E-state index >= 15 is 0 Å². The van der Waals surface area contributed by atoms with Gasteiger partial charge in [-0.15, -0.1) is 0 Å². The van der Waals surface area contributed by atoms with Crippen molar-refractivity contribution >= 4 is 5.82 Å². The zero-order valence-corrected chi connectivity index (χ0v) is 10.7. The molecule has 1 aromatic carbocycles. The molecule has 3 rings (SSSR count). The summed E-state index contributed by atoms with van der Waals surface area (Å²) in [6.45, 7) is 2.11. The number of nitrogens with zero attached hydrogens (tertiary/aromatic N) is 2. The fourth-order valence-electron chi connectivity index (χ4n) is 2.41. The Hall–Kier alpha value is -1.97. The third-order valence-electron chi connectivity index (χ3n) is 3.45. The van der Waals surface area contributed by atoms with E-state index in [-0.39, 0.29) is 0 Å². The molecule has 0 bridgehead atoms. The molecule has 0 amide bonds. The van der Waals surface area contributed by atoms with Gasteiger partial charge in [0.1, 0.15) is 11.6 Å². The van der Waals surface area contributed by atoms with Crippen LogP contribution in [0.15, 0.2) is 24.3 Å². The minimum absolute atomic E-state index is 0.293. The van der Waals surface area contributed by atoms with E-state index in [1.165, 1.54) is 5.56 Å². The highest BCUT2D eigenvalue weighted by Gasteiger charge is 2.20. The molecule has 0 aliphatic carbocycles. The number of hydrogen-bond acceptors (Lipinski definition) is 3. The van der Waals surface area contributed by atoms with E-state index < -0.39 is 0 Å². The van der Waals surface area contributed by atoms with Crippen molar-refractivity contribution in [2.45, 2.75) is 25.9 Å². The van der Waals surface area contributed by atoms with Gasteiger partial charge in [0, 0.05) is 24.2 Å². The molecule has 2 aromatic rings.